The molecular formula is C21H24N2O3S. The van der Waals surface area contributed by atoms with Crippen molar-refractivity contribution in [3.63, 3.8) is 0 Å². The van der Waals surface area contributed by atoms with Gasteiger partial charge in [0.1, 0.15) is 10.9 Å². The molecule has 1 aromatic carbocycles. The Bertz CT molecular complexity index is 1040. The number of ether oxygens (including phenoxy) is 1. The summed E-state index contributed by atoms with van der Waals surface area (Å²) < 4.78 is 6.68. The fourth-order valence-corrected chi connectivity index (χ4v) is 3.97. The molecular weight excluding hydrogens is 360 g/mol. The number of carbonyl (C=O) groups excluding carboxylic acids is 1. The van der Waals surface area contributed by atoms with Crippen LogP contribution in [-0.2, 0) is 9.53 Å². The van der Waals surface area contributed by atoms with Gasteiger partial charge in [0.05, 0.1) is 18.3 Å². The van der Waals surface area contributed by atoms with Gasteiger partial charge in [0.2, 0.25) is 0 Å². The highest BCUT2D eigenvalue weighted by Gasteiger charge is 2.23. The number of rotatable bonds is 6. The molecule has 0 amide bonds. The fraction of sp³-hybridized carbons (Fsp3) is 0.381. The molecule has 0 spiro atoms. The van der Waals surface area contributed by atoms with Gasteiger partial charge in [-0.25, -0.2) is 9.78 Å². The first kappa shape index (κ1) is 19.3. The average Bonchev–Trinajstić information content (AvgIpc) is 3.09. The van der Waals surface area contributed by atoms with Crippen molar-refractivity contribution in [3.8, 4) is 11.1 Å². The predicted molar refractivity (Wildman–Crippen MR) is 109 cm³/mol. The SMILES string of the molecule is CCCOC(=O)[C@H](CC)n1cnc2scc(-c3ccc(C)c(C)c3)c2c1=O. The molecule has 142 valence electrons. The summed E-state index contributed by atoms with van der Waals surface area (Å²) >= 11 is 1.44. The number of aryl methyl sites for hydroxylation is 2. The molecule has 0 aliphatic heterocycles. The van der Waals surface area contributed by atoms with Gasteiger partial charge in [-0.15, -0.1) is 11.3 Å². The average molecular weight is 385 g/mol. The molecule has 0 radical (unpaired) electrons. The normalized spacial score (nSPS) is 12.3. The van der Waals surface area contributed by atoms with Crippen LogP contribution in [0.3, 0.4) is 0 Å². The van der Waals surface area contributed by atoms with Crippen LogP contribution >= 0.6 is 11.3 Å². The zero-order valence-electron chi connectivity index (χ0n) is 16.1. The number of fused-ring (bicyclic) bond motifs is 1. The molecule has 5 nitrogen and oxygen atoms in total. The van der Waals surface area contributed by atoms with Crippen LogP contribution in [0.1, 0.15) is 43.9 Å². The van der Waals surface area contributed by atoms with Crippen LogP contribution in [0.25, 0.3) is 21.3 Å². The first-order valence-corrected chi connectivity index (χ1v) is 10.1. The molecule has 0 saturated heterocycles. The summed E-state index contributed by atoms with van der Waals surface area (Å²) in [6.07, 6.45) is 2.68. The fourth-order valence-electron chi connectivity index (χ4n) is 3.06. The van der Waals surface area contributed by atoms with Crippen LogP contribution in [0.2, 0.25) is 0 Å². The minimum absolute atomic E-state index is 0.199. The number of thiophene rings is 1. The van der Waals surface area contributed by atoms with Gasteiger partial charge in [0.25, 0.3) is 5.56 Å². The molecule has 0 aliphatic rings. The van der Waals surface area contributed by atoms with Gasteiger partial charge in [-0.1, -0.05) is 32.0 Å². The molecule has 0 N–H and O–H groups in total. The molecule has 2 aromatic heterocycles. The van der Waals surface area contributed by atoms with Gasteiger partial charge in [-0.3, -0.25) is 9.36 Å². The van der Waals surface area contributed by atoms with Crippen molar-refractivity contribution in [2.75, 3.05) is 6.61 Å². The van der Waals surface area contributed by atoms with Gasteiger partial charge < -0.3 is 4.74 Å². The third-order valence-corrected chi connectivity index (χ3v) is 5.67. The van der Waals surface area contributed by atoms with E-state index in [2.05, 4.69) is 31.0 Å². The number of benzene rings is 1. The zero-order chi connectivity index (χ0) is 19.6. The Morgan fingerprint density at radius 3 is 2.70 bits per heavy atom. The van der Waals surface area contributed by atoms with Crippen molar-refractivity contribution < 1.29 is 9.53 Å². The maximum atomic E-state index is 13.2. The summed E-state index contributed by atoms with van der Waals surface area (Å²) in [7, 11) is 0. The highest BCUT2D eigenvalue weighted by molar-refractivity contribution is 7.17. The lowest BCUT2D eigenvalue weighted by Crippen LogP contribution is -2.31. The Kier molecular flexibility index (Phi) is 5.75. The van der Waals surface area contributed by atoms with Gasteiger partial charge in [0, 0.05) is 10.9 Å². The van der Waals surface area contributed by atoms with E-state index in [4.69, 9.17) is 4.74 Å². The van der Waals surface area contributed by atoms with Crippen LogP contribution in [-0.4, -0.2) is 22.1 Å². The van der Waals surface area contributed by atoms with Crippen molar-refractivity contribution in [2.45, 2.75) is 46.6 Å². The van der Waals surface area contributed by atoms with Gasteiger partial charge in [-0.2, -0.15) is 0 Å². The second-order valence-electron chi connectivity index (χ2n) is 6.68. The maximum Gasteiger partial charge on any atom is 0.329 e. The maximum absolute atomic E-state index is 13.2. The van der Waals surface area contributed by atoms with E-state index in [9.17, 15) is 9.59 Å². The van der Waals surface area contributed by atoms with Gasteiger partial charge in [0.15, 0.2) is 0 Å². The van der Waals surface area contributed by atoms with Crippen molar-refractivity contribution in [1.82, 2.24) is 9.55 Å². The Morgan fingerprint density at radius 2 is 2.04 bits per heavy atom. The molecule has 0 aliphatic carbocycles. The molecule has 3 rings (SSSR count). The molecule has 0 bridgehead atoms. The molecule has 0 fully saturated rings. The minimum atomic E-state index is -0.659. The van der Waals surface area contributed by atoms with Gasteiger partial charge >= 0.3 is 5.97 Å². The quantitative estimate of drug-likeness (QED) is 0.581. The molecule has 2 heterocycles. The standard InChI is InChI=1S/C21H24N2O3S/c1-5-9-26-21(25)17(6-2)23-12-22-19-18(20(23)24)16(11-27-19)15-8-7-13(3)14(4)10-15/h7-8,10-12,17H,5-6,9H2,1-4H3/t17-/m0/s1. The monoisotopic (exact) mass is 384 g/mol. The van der Waals surface area contributed by atoms with E-state index >= 15 is 0 Å². The highest BCUT2D eigenvalue weighted by Crippen LogP contribution is 2.32. The first-order chi connectivity index (χ1) is 13.0. The molecule has 1 atom stereocenters. The summed E-state index contributed by atoms with van der Waals surface area (Å²) in [5, 5.41) is 2.52. The number of hydrogen-bond donors (Lipinski definition) is 0. The third kappa shape index (κ3) is 3.67. The van der Waals surface area contributed by atoms with Crippen LogP contribution in [0.4, 0.5) is 0 Å². The van der Waals surface area contributed by atoms with E-state index in [1.54, 1.807) is 0 Å². The van der Waals surface area contributed by atoms with E-state index in [1.807, 2.05) is 25.3 Å². The van der Waals surface area contributed by atoms with Crippen LogP contribution in [0.15, 0.2) is 34.7 Å². The summed E-state index contributed by atoms with van der Waals surface area (Å²) in [4.78, 5) is 30.7. The van der Waals surface area contributed by atoms with Crippen LogP contribution < -0.4 is 5.56 Å². The number of aromatic nitrogens is 2. The van der Waals surface area contributed by atoms with Crippen molar-refractivity contribution >= 4 is 27.5 Å². The molecule has 27 heavy (non-hydrogen) atoms. The van der Waals surface area contributed by atoms with E-state index in [0.29, 0.717) is 23.2 Å². The first-order valence-electron chi connectivity index (χ1n) is 9.20. The predicted octanol–water partition coefficient (Wildman–Crippen LogP) is 4.65. The number of carbonyl (C=O) groups is 1. The number of hydrogen-bond acceptors (Lipinski definition) is 5. The lowest BCUT2D eigenvalue weighted by molar-refractivity contribution is -0.147. The summed E-state index contributed by atoms with van der Waals surface area (Å²) in [6, 6.07) is 5.50. The third-order valence-electron chi connectivity index (χ3n) is 4.78. The van der Waals surface area contributed by atoms with E-state index < -0.39 is 6.04 Å². The highest BCUT2D eigenvalue weighted by atomic mass is 32.1. The molecule has 0 unspecified atom stereocenters. The lowest BCUT2D eigenvalue weighted by Gasteiger charge is -2.16. The van der Waals surface area contributed by atoms with E-state index in [1.165, 1.54) is 33.4 Å². The van der Waals surface area contributed by atoms with Crippen LogP contribution in [0.5, 0.6) is 0 Å². The zero-order valence-corrected chi connectivity index (χ0v) is 16.9. The van der Waals surface area contributed by atoms with Crippen LogP contribution in [0, 0.1) is 13.8 Å². The van der Waals surface area contributed by atoms with E-state index in [0.717, 1.165) is 17.5 Å². The Morgan fingerprint density at radius 1 is 1.26 bits per heavy atom. The summed E-state index contributed by atoms with van der Waals surface area (Å²) in [6.45, 7) is 8.28. The number of nitrogens with zero attached hydrogens (tertiary/aromatic N) is 2. The molecule has 0 saturated carbocycles. The molecule has 3 aromatic rings. The summed E-state index contributed by atoms with van der Waals surface area (Å²) in [5.41, 5.74) is 4.03. The smallest absolute Gasteiger partial charge is 0.329 e. The number of esters is 1. The lowest BCUT2D eigenvalue weighted by atomic mass is 10.0. The topological polar surface area (TPSA) is 61.2 Å². The minimum Gasteiger partial charge on any atom is -0.464 e. The molecule has 6 heteroatoms. The van der Waals surface area contributed by atoms with Crippen molar-refractivity contribution in [1.29, 1.82) is 0 Å². The largest absolute Gasteiger partial charge is 0.464 e. The van der Waals surface area contributed by atoms with Crippen molar-refractivity contribution in [2.24, 2.45) is 0 Å². The van der Waals surface area contributed by atoms with Gasteiger partial charge in [-0.05, 0) is 43.4 Å². The second-order valence-corrected chi connectivity index (χ2v) is 7.54. The Hall–Kier alpha value is -2.47. The van der Waals surface area contributed by atoms with E-state index in [-0.39, 0.29) is 11.5 Å². The Balaban J connectivity index is 2.12. The Labute approximate surface area is 162 Å². The van der Waals surface area contributed by atoms with Crippen molar-refractivity contribution in [3.05, 3.63) is 51.4 Å². The second kappa shape index (κ2) is 8.05. The summed E-state index contributed by atoms with van der Waals surface area (Å²) in [5.74, 6) is -0.384.